The highest BCUT2D eigenvalue weighted by atomic mass is 16.5. The third-order valence-corrected chi connectivity index (χ3v) is 2.85. The Kier molecular flexibility index (Phi) is 5.57. The van der Waals surface area contributed by atoms with E-state index in [-0.39, 0.29) is 13.2 Å². The van der Waals surface area contributed by atoms with Crippen LogP contribution in [0.4, 0.5) is 0 Å². The normalized spacial score (nSPS) is 10.6. The molecule has 1 aromatic heterocycles. The van der Waals surface area contributed by atoms with Gasteiger partial charge in [-0.25, -0.2) is 0 Å². The van der Waals surface area contributed by atoms with Crippen molar-refractivity contribution >= 4 is 0 Å². The molecule has 0 saturated heterocycles. The number of benzene rings is 1. The number of nitrogens with zero attached hydrogens (tertiary/aromatic N) is 2. The standard InChI is InChI=1S/C15H20N2O4/c1-3-6-14-16-13(17-21-14)10-20-15-11(9-18)7-5-8-12(15)19-4-2/h5,7-8,18H,3-4,6,9-10H2,1-2H3. The summed E-state index contributed by atoms with van der Waals surface area (Å²) in [4.78, 5) is 4.24. The summed E-state index contributed by atoms with van der Waals surface area (Å²) in [5.74, 6) is 2.20. The van der Waals surface area contributed by atoms with Gasteiger partial charge in [-0.1, -0.05) is 24.2 Å². The van der Waals surface area contributed by atoms with E-state index in [1.165, 1.54) is 0 Å². The fourth-order valence-corrected chi connectivity index (χ4v) is 1.92. The molecule has 0 fully saturated rings. The van der Waals surface area contributed by atoms with Crippen LogP contribution in [-0.4, -0.2) is 21.9 Å². The Morgan fingerprint density at radius 1 is 1.24 bits per heavy atom. The van der Waals surface area contributed by atoms with Crippen LogP contribution in [0.1, 0.15) is 37.5 Å². The fraction of sp³-hybridized carbons (Fsp3) is 0.467. The second kappa shape index (κ2) is 7.64. The van der Waals surface area contributed by atoms with Crippen molar-refractivity contribution < 1.29 is 19.1 Å². The van der Waals surface area contributed by atoms with Crippen molar-refractivity contribution in [3.8, 4) is 11.5 Å². The minimum absolute atomic E-state index is 0.121. The number of ether oxygens (including phenoxy) is 2. The molecule has 0 aliphatic heterocycles. The first-order valence-electron chi connectivity index (χ1n) is 7.08. The second-order valence-electron chi connectivity index (χ2n) is 4.48. The van der Waals surface area contributed by atoms with Gasteiger partial charge in [-0.15, -0.1) is 0 Å². The third kappa shape index (κ3) is 3.95. The van der Waals surface area contributed by atoms with Gasteiger partial charge in [0.25, 0.3) is 0 Å². The molecule has 0 bridgehead atoms. The van der Waals surface area contributed by atoms with Crippen molar-refractivity contribution in [1.29, 1.82) is 0 Å². The van der Waals surface area contributed by atoms with Crippen molar-refractivity contribution in [1.82, 2.24) is 10.1 Å². The minimum Gasteiger partial charge on any atom is -0.490 e. The van der Waals surface area contributed by atoms with Crippen LogP contribution < -0.4 is 9.47 Å². The number of aromatic nitrogens is 2. The molecule has 21 heavy (non-hydrogen) atoms. The Bertz CT molecular complexity index is 569. The molecule has 0 amide bonds. The van der Waals surface area contributed by atoms with Crippen LogP contribution in [-0.2, 0) is 19.6 Å². The van der Waals surface area contributed by atoms with E-state index in [0.717, 1.165) is 12.8 Å². The summed E-state index contributed by atoms with van der Waals surface area (Å²) in [5, 5.41) is 13.3. The van der Waals surface area contributed by atoms with Crippen molar-refractivity contribution in [2.24, 2.45) is 0 Å². The SMILES string of the molecule is CCCc1nc(COc2c(CO)cccc2OCC)no1. The van der Waals surface area contributed by atoms with E-state index in [1.54, 1.807) is 12.1 Å². The van der Waals surface area contributed by atoms with Crippen molar-refractivity contribution in [3.05, 3.63) is 35.5 Å². The molecule has 0 saturated carbocycles. The Morgan fingerprint density at radius 3 is 2.81 bits per heavy atom. The van der Waals surface area contributed by atoms with Gasteiger partial charge in [-0.3, -0.25) is 0 Å². The lowest BCUT2D eigenvalue weighted by Crippen LogP contribution is -2.04. The summed E-state index contributed by atoms with van der Waals surface area (Å²) >= 11 is 0. The monoisotopic (exact) mass is 292 g/mol. The average molecular weight is 292 g/mol. The number of para-hydroxylation sites is 1. The van der Waals surface area contributed by atoms with Gasteiger partial charge in [0.15, 0.2) is 18.1 Å². The highest BCUT2D eigenvalue weighted by Crippen LogP contribution is 2.32. The summed E-state index contributed by atoms with van der Waals surface area (Å²) in [5.41, 5.74) is 0.665. The van der Waals surface area contributed by atoms with Crippen molar-refractivity contribution in [2.45, 2.75) is 39.9 Å². The Hall–Kier alpha value is -2.08. The maximum Gasteiger partial charge on any atom is 0.226 e. The van der Waals surface area contributed by atoms with Gasteiger partial charge < -0.3 is 19.1 Å². The molecule has 0 atom stereocenters. The Labute approximate surface area is 123 Å². The van der Waals surface area contributed by atoms with Crippen molar-refractivity contribution in [3.63, 3.8) is 0 Å². The predicted octanol–water partition coefficient (Wildman–Crippen LogP) is 2.49. The van der Waals surface area contributed by atoms with Crippen LogP contribution in [0.5, 0.6) is 11.5 Å². The molecule has 2 rings (SSSR count). The number of rotatable bonds is 8. The molecule has 1 N–H and O–H groups in total. The first-order valence-corrected chi connectivity index (χ1v) is 7.08. The summed E-state index contributed by atoms with van der Waals surface area (Å²) in [6.07, 6.45) is 1.70. The van der Waals surface area contributed by atoms with E-state index in [1.807, 2.05) is 19.9 Å². The molecule has 2 aromatic rings. The van der Waals surface area contributed by atoms with Gasteiger partial charge in [0.05, 0.1) is 13.2 Å². The lowest BCUT2D eigenvalue weighted by atomic mass is 10.2. The Morgan fingerprint density at radius 2 is 2.10 bits per heavy atom. The second-order valence-corrected chi connectivity index (χ2v) is 4.48. The maximum absolute atomic E-state index is 9.40. The molecule has 0 aliphatic rings. The first-order chi connectivity index (χ1) is 10.3. The van der Waals surface area contributed by atoms with Gasteiger partial charge >= 0.3 is 0 Å². The van der Waals surface area contributed by atoms with Gasteiger partial charge in [-0.05, 0) is 19.4 Å². The zero-order chi connectivity index (χ0) is 15.1. The number of hydrogen-bond donors (Lipinski definition) is 1. The summed E-state index contributed by atoms with van der Waals surface area (Å²) in [6, 6.07) is 5.41. The molecule has 0 aliphatic carbocycles. The predicted molar refractivity (Wildman–Crippen MR) is 76.2 cm³/mol. The van der Waals surface area contributed by atoms with Crippen LogP contribution in [0.3, 0.4) is 0 Å². The van der Waals surface area contributed by atoms with Crippen molar-refractivity contribution in [2.75, 3.05) is 6.61 Å². The molecule has 114 valence electrons. The van der Waals surface area contributed by atoms with Gasteiger partial charge in [0.2, 0.25) is 11.7 Å². The van der Waals surface area contributed by atoms with E-state index in [9.17, 15) is 5.11 Å². The van der Waals surface area contributed by atoms with Crippen LogP contribution in [0.2, 0.25) is 0 Å². The summed E-state index contributed by atoms with van der Waals surface area (Å²) in [6.45, 7) is 4.51. The molecule has 0 radical (unpaired) electrons. The zero-order valence-electron chi connectivity index (χ0n) is 12.3. The number of aliphatic hydroxyl groups is 1. The van der Waals surface area contributed by atoms with Crippen LogP contribution >= 0.6 is 0 Å². The molecule has 1 heterocycles. The number of aryl methyl sites for hydroxylation is 1. The highest BCUT2D eigenvalue weighted by Gasteiger charge is 2.13. The lowest BCUT2D eigenvalue weighted by molar-refractivity contribution is 0.237. The van der Waals surface area contributed by atoms with E-state index in [0.29, 0.717) is 35.4 Å². The van der Waals surface area contributed by atoms with Gasteiger partial charge in [0.1, 0.15) is 0 Å². The molecule has 0 unspecified atom stereocenters. The molecule has 0 spiro atoms. The van der Waals surface area contributed by atoms with Gasteiger partial charge in [-0.2, -0.15) is 4.98 Å². The average Bonchev–Trinajstić information content (AvgIpc) is 2.94. The molecule has 1 aromatic carbocycles. The number of hydrogen-bond acceptors (Lipinski definition) is 6. The minimum atomic E-state index is -0.121. The van der Waals surface area contributed by atoms with Crippen LogP contribution in [0, 0.1) is 0 Å². The zero-order valence-corrected chi connectivity index (χ0v) is 12.3. The van der Waals surface area contributed by atoms with Crippen LogP contribution in [0.25, 0.3) is 0 Å². The topological polar surface area (TPSA) is 77.6 Å². The summed E-state index contributed by atoms with van der Waals surface area (Å²) < 4.78 is 16.3. The largest absolute Gasteiger partial charge is 0.490 e. The molecule has 6 heteroatoms. The molecule has 6 nitrogen and oxygen atoms in total. The van der Waals surface area contributed by atoms with E-state index < -0.39 is 0 Å². The van der Waals surface area contributed by atoms with E-state index in [2.05, 4.69) is 10.1 Å². The fourth-order valence-electron chi connectivity index (χ4n) is 1.92. The smallest absolute Gasteiger partial charge is 0.226 e. The lowest BCUT2D eigenvalue weighted by Gasteiger charge is -2.13. The first kappa shape index (κ1) is 15.3. The Balaban J connectivity index is 2.10. The van der Waals surface area contributed by atoms with E-state index >= 15 is 0 Å². The maximum atomic E-state index is 9.40. The third-order valence-electron chi connectivity index (χ3n) is 2.85. The van der Waals surface area contributed by atoms with Crippen LogP contribution in [0.15, 0.2) is 22.7 Å². The molecular formula is C15H20N2O4. The highest BCUT2D eigenvalue weighted by molar-refractivity contribution is 5.46. The molecular weight excluding hydrogens is 272 g/mol. The van der Waals surface area contributed by atoms with Gasteiger partial charge in [0, 0.05) is 12.0 Å². The number of aliphatic hydroxyl groups excluding tert-OH is 1. The summed E-state index contributed by atoms with van der Waals surface area (Å²) in [7, 11) is 0. The quantitative estimate of drug-likeness (QED) is 0.805. The van der Waals surface area contributed by atoms with E-state index in [4.69, 9.17) is 14.0 Å².